The number of aromatic nitrogens is 4. The van der Waals surface area contributed by atoms with E-state index in [1.54, 1.807) is 28.7 Å². The van der Waals surface area contributed by atoms with Crippen LogP contribution in [-0.4, -0.2) is 50.6 Å². The summed E-state index contributed by atoms with van der Waals surface area (Å²) < 4.78 is 13.1. The molecule has 0 N–H and O–H groups in total. The van der Waals surface area contributed by atoms with E-state index in [9.17, 15) is 0 Å². The van der Waals surface area contributed by atoms with Crippen LogP contribution < -0.4 is 0 Å². The molecule has 8 heteroatoms. The highest BCUT2D eigenvalue weighted by Gasteiger charge is 2.22. The van der Waals surface area contributed by atoms with Crippen LogP contribution in [0.1, 0.15) is 5.69 Å². The summed E-state index contributed by atoms with van der Waals surface area (Å²) in [6.45, 7) is 3.95. The smallest absolute Gasteiger partial charge is 0.177 e. The molecule has 0 unspecified atom stereocenters. The lowest BCUT2D eigenvalue weighted by Gasteiger charge is -2.32. The molecule has 120 valence electrons. The monoisotopic (exact) mass is 331 g/mol. The molecular weight excluding hydrogens is 314 g/mol. The Morgan fingerprint density at radius 3 is 3.22 bits per heavy atom. The van der Waals surface area contributed by atoms with E-state index in [-0.39, 0.29) is 6.10 Å². The minimum Gasteiger partial charge on any atom is -0.374 e. The SMILES string of the molecule is c1csc(-c2cc(CN3CCO[C@H](Cn4cncn4)C3)no2)c1. The van der Waals surface area contributed by atoms with Gasteiger partial charge in [0.15, 0.2) is 5.76 Å². The second kappa shape index (κ2) is 6.61. The van der Waals surface area contributed by atoms with Crippen molar-refractivity contribution in [2.45, 2.75) is 19.2 Å². The molecule has 1 fully saturated rings. The number of hydrogen-bond acceptors (Lipinski definition) is 7. The van der Waals surface area contributed by atoms with Crippen LogP contribution in [0.5, 0.6) is 0 Å². The molecule has 3 aromatic rings. The van der Waals surface area contributed by atoms with Crippen molar-refractivity contribution in [3.05, 3.63) is 41.9 Å². The quantitative estimate of drug-likeness (QED) is 0.711. The van der Waals surface area contributed by atoms with Crippen LogP contribution in [-0.2, 0) is 17.8 Å². The van der Waals surface area contributed by atoms with Gasteiger partial charge in [-0.25, -0.2) is 4.98 Å². The molecule has 4 heterocycles. The highest BCUT2D eigenvalue weighted by atomic mass is 32.1. The van der Waals surface area contributed by atoms with E-state index in [1.165, 1.54) is 0 Å². The van der Waals surface area contributed by atoms with Crippen LogP contribution in [0.3, 0.4) is 0 Å². The minimum absolute atomic E-state index is 0.120. The summed E-state index contributed by atoms with van der Waals surface area (Å²) in [6, 6.07) is 6.07. The van der Waals surface area contributed by atoms with Gasteiger partial charge in [0, 0.05) is 25.7 Å². The Morgan fingerprint density at radius 1 is 1.39 bits per heavy atom. The molecule has 1 aliphatic rings. The summed E-state index contributed by atoms with van der Waals surface area (Å²) in [7, 11) is 0. The summed E-state index contributed by atoms with van der Waals surface area (Å²) in [5.41, 5.74) is 0.954. The van der Waals surface area contributed by atoms with Gasteiger partial charge in [0.1, 0.15) is 12.7 Å². The maximum atomic E-state index is 5.81. The maximum Gasteiger partial charge on any atom is 0.177 e. The van der Waals surface area contributed by atoms with Crippen molar-refractivity contribution in [2.75, 3.05) is 19.7 Å². The van der Waals surface area contributed by atoms with Crippen LogP contribution in [0.4, 0.5) is 0 Å². The molecule has 23 heavy (non-hydrogen) atoms. The Morgan fingerprint density at radius 2 is 2.39 bits per heavy atom. The van der Waals surface area contributed by atoms with E-state index in [4.69, 9.17) is 9.26 Å². The van der Waals surface area contributed by atoms with Gasteiger partial charge in [-0.1, -0.05) is 11.2 Å². The summed E-state index contributed by atoms with van der Waals surface area (Å²) in [4.78, 5) is 7.40. The van der Waals surface area contributed by atoms with E-state index in [0.717, 1.165) is 49.1 Å². The normalized spacial score (nSPS) is 19.2. The molecule has 0 amide bonds. The van der Waals surface area contributed by atoms with E-state index in [1.807, 2.05) is 23.6 Å². The number of thiophene rings is 1. The van der Waals surface area contributed by atoms with E-state index >= 15 is 0 Å². The highest BCUT2D eigenvalue weighted by Crippen LogP contribution is 2.25. The van der Waals surface area contributed by atoms with Crippen LogP contribution >= 0.6 is 11.3 Å². The lowest BCUT2D eigenvalue weighted by Crippen LogP contribution is -2.43. The van der Waals surface area contributed by atoms with Crippen molar-refractivity contribution in [3.63, 3.8) is 0 Å². The first-order valence-corrected chi connectivity index (χ1v) is 8.40. The minimum atomic E-state index is 0.120. The van der Waals surface area contributed by atoms with Gasteiger partial charge in [-0.05, 0) is 11.4 Å². The molecule has 0 spiro atoms. The molecule has 0 aliphatic carbocycles. The average Bonchev–Trinajstić information content (AvgIpc) is 3.30. The van der Waals surface area contributed by atoms with E-state index in [2.05, 4.69) is 20.1 Å². The Kier molecular flexibility index (Phi) is 4.18. The van der Waals surface area contributed by atoms with Gasteiger partial charge in [0.05, 0.1) is 29.8 Å². The third-order valence-electron chi connectivity index (χ3n) is 3.79. The highest BCUT2D eigenvalue weighted by molar-refractivity contribution is 7.13. The predicted octanol–water partition coefficient (Wildman–Crippen LogP) is 1.90. The molecule has 1 atom stereocenters. The lowest BCUT2D eigenvalue weighted by atomic mass is 10.2. The number of ether oxygens (including phenoxy) is 1. The van der Waals surface area contributed by atoms with Gasteiger partial charge < -0.3 is 9.26 Å². The molecule has 4 rings (SSSR count). The summed E-state index contributed by atoms with van der Waals surface area (Å²) in [5, 5.41) is 10.4. The number of nitrogens with zero attached hydrogens (tertiary/aromatic N) is 5. The van der Waals surface area contributed by atoms with Crippen molar-refractivity contribution >= 4 is 11.3 Å². The Hall–Kier alpha value is -2.03. The number of hydrogen-bond donors (Lipinski definition) is 0. The Labute approximate surface area is 137 Å². The van der Waals surface area contributed by atoms with E-state index in [0.29, 0.717) is 0 Å². The zero-order valence-corrected chi connectivity index (χ0v) is 13.4. The van der Waals surface area contributed by atoms with Crippen LogP contribution in [0.2, 0.25) is 0 Å². The fourth-order valence-corrected chi connectivity index (χ4v) is 3.39. The molecule has 0 saturated carbocycles. The fourth-order valence-electron chi connectivity index (χ4n) is 2.72. The van der Waals surface area contributed by atoms with Crippen molar-refractivity contribution in [2.24, 2.45) is 0 Å². The summed E-state index contributed by atoms with van der Waals surface area (Å²) in [5.74, 6) is 0.836. The molecule has 0 bridgehead atoms. The summed E-state index contributed by atoms with van der Waals surface area (Å²) >= 11 is 1.65. The molecule has 1 aliphatic heterocycles. The maximum absolute atomic E-state index is 5.81. The van der Waals surface area contributed by atoms with Gasteiger partial charge in [0.2, 0.25) is 0 Å². The van der Waals surface area contributed by atoms with Crippen molar-refractivity contribution in [1.29, 1.82) is 0 Å². The van der Waals surface area contributed by atoms with Crippen molar-refractivity contribution < 1.29 is 9.26 Å². The second-order valence-corrected chi connectivity index (χ2v) is 6.45. The Balaban J connectivity index is 1.37. The molecule has 0 aromatic carbocycles. The average molecular weight is 331 g/mol. The zero-order chi connectivity index (χ0) is 15.5. The van der Waals surface area contributed by atoms with Gasteiger partial charge in [0.25, 0.3) is 0 Å². The van der Waals surface area contributed by atoms with Crippen LogP contribution in [0.15, 0.2) is 40.8 Å². The Bertz CT molecular complexity index is 725. The lowest BCUT2D eigenvalue weighted by molar-refractivity contribution is -0.0407. The first-order chi connectivity index (χ1) is 11.4. The summed E-state index contributed by atoms with van der Waals surface area (Å²) in [6.07, 6.45) is 3.38. The molecule has 3 aromatic heterocycles. The largest absolute Gasteiger partial charge is 0.374 e. The third kappa shape index (κ3) is 3.49. The first kappa shape index (κ1) is 14.6. The molecule has 7 nitrogen and oxygen atoms in total. The molecule has 1 saturated heterocycles. The zero-order valence-electron chi connectivity index (χ0n) is 12.5. The van der Waals surface area contributed by atoms with Gasteiger partial charge in [-0.3, -0.25) is 9.58 Å². The first-order valence-electron chi connectivity index (χ1n) is 7.52. The third-order valence-corrected chi connectivity index (χ3v) is 4.67. The number of rotatable bonds is 5. The standard InChI is InChI=1S/C15H17N5O2S/c1-2-15(23-5-1)14-6-12(18-22-14)7-19-3-4-21-13(8-19)9-20-11-16-10-17-20/h1-2,5-6,10-11,13H,3-4,7-9H2/t13-/m0/s1. The molecular formula is C15H17N5O2S. The van der Waals surface area contributed by atoms with Gasteiger partial charge in [-0.15, -0.1) is 11.3 Å². The number of morpholine rings is 1. The predicted molar refractivity (Wildman–Crippen MR) is 84.9 cm³/mol. The van der Waals surface area contributed by atoms with Crippen molar-refractivity contribution in [1.82, 2.24) is 24.8 Å². The van der Waals surface area contributed by atoms with E-state index < -0.39 is 0 Å². The van der Waals surface area contributed by atoms with Gasteiger partial charge in [-0.2, -0.15) is 5.10 Å². The topological polar surface area (TPSA) is 69.2 Å². The second-order valence-electron chi connectivity index (χ2n) is 5.51. The van der Waals surface area contributed by atoms with Crippen LogP contribution in [0, 0.1) is 0 Å². The van der Waals surface area contributed by atoms with Crippen LogP contribution in [0.25, 0.3) is 10.6 Å². The molecule has 0 radical (unpaired) electrons. The van der Waals surface area contributed by atoms with Gasteiger partial charge >= 0.3 is 0 Å². The fraction of sp³-hybridized carbons (Fsp3) is 0.400. The van der Waals surface area contributed by atoms with Crippen molar-refractivity contribution in [3.8, 4) is 10.6 Å².